The Kier molecular flexibility index (Phi) is 4.31. The van der Waals surface area contributed by atoms with Gasteiger partial charge in [-0.2, -0.15) is 8.42 Å². The van der Waals surface area contributed by atoms with E-state index in [2.05, 4.69) is 5.32 Å². The number of fused-ring (bicyclic) bond motifs is 1. The summed E-state index contributed by atoms with van der Waals surface area (Å²) in [7, 11) is -4.55. The van der Waals surface area contributed by atoms with Crippen molar-refractivity contribution < 1.29 is 22.9 Å². The molecule has 0 atom stereocenters. The van der Waals surface area contributed by atoms with Crippen molar-refractivity contribution in [2.75, 3.05) is 11.1 Å². The van der Waals surface area contributed by atoms with Crippen LogP contribution in [0.15, 0.2) is 53.4 Å². The monoisotopic (exact) mass is 372 g/mol. The number of phenols is 1. The first-order valence-electron chi connectivity index (χ1n) is 7.57. The summed E-state index contributed by atoms with van der Waals surface area (Å²) >= 11 is 0. The van der Waals surface area contributed by atoms with Crippen molar-refractivity contribution in [3.63, 3.8) is 0 Å². The van der Waals surface area contributed by atoms with Crippen molar-refractivity contribution in [3.05, 3.63) is 59.7 Å². The highest BCUT2D eigenvalue weighted by atomic mass is 32.2. The molecule has 0 heterocycles. The van der Waals surface area contributed by atoms with Gasteiger partial charge in [0.05, 0.1) is 5.56 Å². The zero-order valence-corrected chi connectivity index (χ0v) is 14.5. The molecule has 3 aromatic rings. The van der Waals surface area contributed by atoms with Gasteiger partial charge in [-0.05, 0) is 36.8 Å². The number of nitrogen functional groups attached to an aromatic ring is 1. The first-order chi connectivity index (χ1) is 12.2. The highest BCUT2D eigenvalue weighted by Gasteiger charge is 2.18. The Morgan fingerprint density at radius 1 is 1.08 bits per heavy atom. The molecule has 0 saturated carbocycles. The van der Waals surface area contributed by atoms with Crippen LogP contribution >= 0.6 is 0 Å². The lowest BCUT2D eigenvalue weighted by Crippen LogP contribution is -2.14. The van der Waals surface area contributed by atoms with E-state index in [1.54, 1.807) is 24.3 Å². The molecule has 3 rings (SSSR count). The highest BCUT2D eigenvalue weighted by molar-refractivity contribution is 7.86. The van der Waals surface area contributed by atoms with Gasteiger partial charge in [-0.1, -0.05) is 18.2 Å². The second-order valence-corrected chi connectivity index (χ2v) is 7.25. The average Bonchev–Trinajstić information content (AvgIpc) is 2.53. The minimum Gasteiger partial charge on any atom is -0.508 e. The molecule has 26 heavy (non-hydrogen) atoms. The molecular weight excluding hydrogens is 356 g/mol. The lowest BCUT2D eigenvalue weighted by molar-refractivity contribution is 0.102. The van der Waals surface area contributed by atoms with Gasteiger partial charge >= 0.3 is 0 Å². The van der Waals surface area contributed by atoms with Crippen molar-refractivity contribution in [1.29, 1.82) is 0 Å². The van der Waals surface area contributed by atoms with E-state index in [9.17, 15) is 22.9 Å². The summed E-state index contributed by atoms with van der Waals surface area (Å²) in [6, 6.07) is 11.8. The number of aryl methyl sites for hydroxylation is 1. The Labute approximate surface area is 149 Å². The molecule has 0 aliphatic carbocycles. The average molecular weight is 372 g/mol. The Bertz CT molecular complexity index is 1140. The Morgan fingerprint density at radius 3 is 2.46 bits per heavy atom. The number of hydrogen-bond donors (Lipinski definition) is 4. The van der Waals surface area contributed by atoms with E-state index in [1.165, 1.54) is 18.2 Å². The van der Waals surface area contributed by atoms with E-state index in [-0.39, 0.29) is 27.8 Å². The van der Waals surface area contributed by atoms with E-state index in [4.69, 9.17) is 5.73 Å². The third kappa shape index (κ3) is 3.32. The minimum absolute atomic E-state index is 0.167. The zero-order chi connectivity index (χ0) is 19.1. The first-order valence-corrected chi connectivity index (χ1v) is 9.01. The number of benzene rings is 3. The molecule has 0 bridgehead atoms. The molecule has 7 nitrogen and oxygen atoms in total. The molecule has 0 fully saturated rings. The number of anilines is 2. The van der Waals surface area contributed by atoms with Crippen LogP contribution in [0.2, 0.25) is 0 Å². The number of nitrogens with one attached hydrogen (secondary N) is 1. The third-order valence-electron chi connectivity index (χ3n) is 3.92. The predicted octanol–water partition coefficient (Wildman–Crippen LogP) is 2.94. The van der Waals surface area contributed by atoms with Crippen molar-refractivity contribution in [3.8, 4) is 5.75 Å². The molecular formula is C18H16N2O5S. The lowest BCUT2D eigenvalue weighted by atomic mass is 10.1. The molecule has 3 aromatic carbocycles. The van der Waals surface area contributed by atoms with Gasteiger partial charge in [0, 0.05) is 28.2 Å². The van der Waals surface area contributed by atoms with Gasteiger partial charge in [-0.3, -0.25) is 9.35 Å². The largest absolute Gasteiger partial charge is 0.508 e. The third-order valence-corrected chi connectivity index (χ3v) is 4.81. The summed E-state index contributed by atoms with van der Waals surface area (Å²) in [5, 5.41) is 12.9. The number of carbonyl (C=O) groups excluding carboxylic acids is 1. The predicted molar refractivity (Wildman–Crippen MR) is 99.0 cm³/mol. The smallest absolute Gasteiger partial charge is 0.295 e. The Balaban J connectivity index is 2.11. The van der Waals surface area contributed by atoms with E-state index < -0.39 is 20.9 Å². The summed E-state index contributed by atoms with van der Waals surface area (Å²) in [5.74, 6) is -0.839. The molecule has 0 radical (unpaired) electrons. The van der Waals surface area contributed by atoms with Gasteiger partial charge in [0.1, 0.15) is 10.6 Å². The van der Waals surface area contributed by atoms with E-state index in [0.29, 0.717) is 5.69 Å². The van der Waals surface area contributed by atoms with Crippen molar-refractivity contribution >= 4 is 38.2 Å². The zero-order valence-electron chi connectivity index (χ0n) is 13.7. The standard InChI is InChI=1S/C18H16N2O5S/c1-10-5-6-13(15(19)7-10)18(22)20-16-4-2-3-12-14(16)8-11(21)9-17(12)26(23,24)25/h2-9,21H,19H2,1H3,(H,20,22)(H,23,24,25). The Morgan fingerprint density at radius 2 is 1.81 bits per heavy atom. The van der Waals surface area contributed by atoms with Crippen LogP contribution in [0.1, 0.15) is 15.9 Å². The number of phenolic OH excluding ortho intramolecular Hbond substituents is 1. The summed E-state index contributed by atoms with van der Waals surface area (Å²) in [5.41, 5.74) is 7.64. The summed E-state index contributed by atoms with van der Waals surface area (Å²) in [6.45, 7) is 1.85. The fourth-order valence-electron chi connectivity index (χ4n) is 2.74. The number of rotatable bonds is 3. The first kappa shape index (κ1) is 17.7. The number of amides is 1. The van der Waals surface area contributed by atoms with Gasteiger partial charge in [-0.25, -0.2) is 0 Å². The normalized spacial score (nSPS) is 11.5. The SMILES string of the molecule is Cc1ccc(C(=O)Nc2cccc3c(S(=O)(=O)O)cc(O)cc23)c(N)c1. The quantitative estimate of drug-likeness (QED) is 0.413. The molecule has 0 spiro atoms. The molecule has 134 valence electrons. The maximum atomic E-state index is 12.5. The number of carbonyl (C=O) groups is 1. The van der Waals surface area contributed by atoms with E-state index in [0.717, 1.165) is 11.6 Å². The summed E-state index contributed by atoms with van der Waals surface area (Å²) in [4.78, 5) is 12.1. The second kappa shape index (κ2) is 6.32. The van der Waals surface area contributed by atoms with E-state index >= 15 is 0 Å². The molecule has 5 N–H and O–H groups in total. The Hall–Kier alpha value is -3.10. The topological polar surface area (TPSA) is 130 Å². The van der Waals surface area contributed by atoms with Crippen LogP contribution < -0.4 is 11.1 Å². The summed E-state index contributed by atoms with van der Waals surface area (Å²) < 4.78 is 32.5. The summed E-state index contributed by atoms with van der Waals surface area (Å²) in [6.07, 6.45) is 0. The molecule has 0 saturated heterocycles. The number of nitrogens with two attached hydrogens (primary N) is 1. The van der Waals surface area contributed by atoms with Crippen LogP contribution in [0, 0.1) is 6.92 Å². The van der Waals surface area contributed by atoms with Crippen molar-refractivity contribution in [2.24, 2.45) is 0 Å². The molecule has 1 amide bonds. The van der Waals surface area contributed by atoms with Gasteiger partial charge in [0.2, 0.25) is 0 Å². The minimum atomic E-state index is -4.55. The molecule has 0 aliphatic heterocycles. The van der Waals surface area contributed by atoms with Crippen LogP contribution in [0.5, 0.6) is 5.75 Å². The second-order valence-electron chi connectivity index (χ2n) is 5.86. The lowest BCUT2D eigenvalue weighted by Gasteiger charge is -2.12. The number of aromatic hydroxyl groups is 1. The molecule has 0 aliphatic rings. The van der Waals surface area contributed by atoms with Crippen molar-refractivity contribution in [1.82, 2.24) is 0 Å². The van der Waals surface area contributed by atoms with Crippen LogP contribution in [0.3, 0.4) is 0 Å². The maximum absolute atomic E-state index is 12.5. The van der Waals surface area contributed by atoms with Crippen LogP contribution in [0.25, 0.3) is 10.8 Å². The van der Waals surface area contributed by atoms with Gasteiger partial charge < -0.3 is 16.2 Å². The van der Waals surface area contributed by atoms with Crippen LogP contribution in [-0.2, 0) is 10.1 Å². The fourth-order valence-corrected chi connectivity index (χ4v) is 3.46. The number of hydrogen-bond acceptors (Lipinski definition) is 5. The fraction of sp³-hybridized carbons (Fsp3) is 0.0556. The van der Waals surface area contributed by atoms with Crippen LogP contribution in [-0.4, -0.2) is 24.0 Å². The van der Waals surface area contributed by atoms with Gasteiger partial charge in [0.15, 0.2) is 0 Å². The molecule has 8 heteroatoms. The molecule has 0 unspecified atom stereocenters. The molecule has 0 aromatic heterocycles. The van der Waals surface area contributed by atoms with Gasteiger partial charge in [-0.15, -0.1) is 0 Å². The van der Waals surface area contributed by atoms with Crippen molar-refractivity contribution in [2.45, 2.75) is 11.8 Å². The van der Waals surface area contributed by atoms with Gasteiger partial charge in [0.25, 0.3) is 16.0 Å². The van der Waals surface area contributed by atoms with Crippen LogP contribution in [0.4, 0.5) is 11.4 Å². The highest BCUT2D eigenvalue weighted by Crippen LogP contribution is 2.33. The van der Waals surface area contributed by atoms with E-state index in [1.807, 2.05) is 6.92 Å². The maximum Gasteiger partial charge on any atom is 0.295 e.